The van der Waals surface area contributed by atoms with Gasteiger partial charge in [-0.1, -0.05) is 32.9 Å². The van der Waals surface area contributed by atoms with Crippen molar-refractivity contribution in [2.75, 3.05) is 7.11 Å². The van der Waals surface area contributed by atoms with Gasteiger partial charge in [-0.15, -0.1) is 0 Å². The number of carbonyl (C=O) groups excluding carboxylic acids is 1. The van der Waals surface area contributed by atoms with Crippen molar-refractivity contribution in [3.63, 3.8) is 0 Å². The zero-order valence-corrected chi connectivity index (χ0v) is 13.1. The molecule has 0 heterocycles. The van der Waals surface area contributed by atoms with Crippen LogP contribution in [0.15, 0.2) is 12.2 Å². The van der Waals surface area contributed by atoms with Gasteiger partial charge < -0.3 is 4.74 Å². The highest BCUT2D eigenvalue weighted by Gasteiger charge is 2.60. The second-order valence-corrected chi connectivity index (χ2v) is 7.44. The number of ether oxygens (including phenoxy) is 1. The van der Waals surface area contributed by atoms with E-state index in [4.69, 9.17) is 4.74 Å². The quantitative estimate of drug-likeness (QED) is 0.552. The van der Waals surface area contributed by atoms with Crippen LogP contribution in [0.3, 0.4) is 0 Å². The molecule has 4 atom stereocenters. The fourth-order valence-electron chi connectivity index (χ4n) is 4.62. The highest BCUT2D eigenvalue weighted by atomic mass is 16.5. The smallest absolute Gasteiger partial charge is 0.312 e. The minimum Gasteiger partial charge on any atom is -0.469 e. The first-order chi connectivity index (χ1) is 8.76. The van der Waals surface area contributed by atoms with Crippen molar-refractivity contribution in [2.24, 2.45) is 28.6 Å². The van der Waals surface area contributed by atoms with Gasteiger partial charge in [0.25, 0.3) is 0 Å². The van der Waals surface area contributed by atoms with Gasteiger partial charge in [0.15, 0.2) is 0 Å². The van der Waals surface area contributed by atoms with E-state index < -0.39 is 0 Å². The molecule has 0 aromatic carbocycles. The van der Waals surface area contributed by atoms with Gasteiger partial charge in [-0.05, 0) is 55.8 Å². The molecule has 4 unspecified atom stereocenters. The number of carbonyl (C=O) groups is 1. The third-order valence-corrected chi connectivity index (χ3v) is 6.18. The van der Waals surface area contributed by atoms with Crippen LogP contribution < -0.4 is 0 Å². The fourth-order valence-corrected chi connectivity index (χ4v) is 4.62. The Morgan fingerprint density at radius 3 is 2.42 bits per heavy atom. The van der Waals surface area contributed by atoms with Crippen molar-refractivity contribution in [3.05, 3.63) is 12.2 Å². The number of hydrogen-bond acceptors (Lipinski definition) is 2. The zero-order valence-electron chi connectivity index (χ0n) is 13.1. The molecule has 2 fully saturated rings. The Hall–Kier alpha value is -0.790. The molecular weight excluding hydrogens is 236 g/mol. The van der Waals surface area contributed by atoms with Crippen LogP contribution in [0.1, 0.15) is 53.4 Å². The Kier molecular flexibility index (Phi) is 3.57. The summed E-state index contributed by atoms with van der Waals surface area (Å²) in [7, 11) is 1.53. The van der Waals surface area contributed by atoms with Crippen molar-refractivity contribution in [3.8, 4) is 0 Å². The number of hydrogen-bond donors (Lipinski definition) is 0. The van der Waals surface area contributed by atoms with E-state index in [1.54, 1.807) is 0 Å². The second-order valence-electron chi connectivity index (χ2n) is 7.44. The first-order valence-electron chi connectivity index (χ1n) is 7.50. The summed E-state index contributed by atoms with van der Waals surface area (Å²) in [6, 6.07) is 0. The van der Waals surface area contributed by atoms with Crippen LogP contribution in [0, 0.1) is 28.6 Å². The summed E-state index contributed by atoms with van der Waals surface area (Å²) in [6.45, 7) is 13.3. The van der Waals surface area contributed by atoms with Gasteiger partial charge in [0.1, 0.15) is 0 Å². The summed E-state index contributed by atoms with van der Waals surface area (Å²) in [4.78, 5) is 12.4. The minimum absolute atomic E-state index is 0.0172. The van der Waals surface area contributed by atoms with E-state index >= 15 is 0 Å². The molecule has 19 heavy (non-hydrogen) atoms. The maximum Gasteiger partial charge on any atom is 0.312 e. The predicted octanol–water partition coefficient (Wildman–Crippen LogP) is 4.20. The molecule has 108 valence electrons. The van der Waals surface area contributed by atoms with Crippen LogP contribution in [-0.2, 0) is 9.53 Å². The molecule has 0 spiro atoms. The van der Waals surface area contributed by atoms with E-state index in [0.717, 1.165) is 25.7 Å². The van der Waals surface area contributed by atoms with Gasteiger partial charge in [-0.3, -0.25) is 4.79 Å². The fraction of sp³-hybridized carbons (Fsp3) is 0.824. The third-order valence-electron chi connectivity index (χ3n) is 6.18. The highest BCUT2D eigenvalue weighted by molar-refractivity contribution is 5.78. The van der Waals surface area contributed by atoms with Gasteiger partial charge in [0.2, 0.25) is 0 Å². The largest absolute Gasteiger partial charge is 0.469 e. The SMILES string of the molecule is C=C(C)C1CCC2(C(=O)OC)CCC(C)(C)C(C)C12. The van der Waals surface area contributed by atoms with Gasteiger partial charge >= 0.3 is 5.97 Å². The summed E-state index contributed by atoms with van der Waals surface area (Å²) in [6.07, 6.45) is 4.16. The molecule has 2 rings (SSSR count). The van der Waals surface area contributed by atoms with Crippen molar-refractivity contribution >= 4 is 5.97 Å². The molecule has 0 bridgehead atoms. The molecule has 2 aliphatic carbocycles. The average Bonchev–Trinajstić information content (AvgIpc) is 2.74. The average molecular weight is 264 g/mol. The van der Waals surface area contributed by atoms with Crippen molar-refractivity contribution in [2.45, 2.75) is 53.4 Å². The van der Waals surface area contributed by atoms with Crippen LogP contribution in [0.25, 0.3) is 0 Å². The standard InChI is InChI=1S/C17H28O2/c1-11(2)13-7-8-17(15(18)19-6)10-9-16(4,5)12(3)14(13)17/h12-14H,1,7-10H2,2-6H3. The molecule has 0 radical (unpaired) electrons. The first kappa shape index (κ1) is 14.6. The Balaban J connectivity index is 2.44. The van der Waals surface area contributed by atoms with Crippen molar-refractivity contribution in [1.29, 1.82) is 0 Å². The number of rotatable bonds is 2. The molecule has 2 aliphatic rings. The van der Waals surface area contributed by atoms with E-state index in [-0.39, 0.29) is 11.4 Å². The van der Waals surface area contributed by atoms with Crippen LogP contribution in [0.5, 0.6) is 0 Å². The Morgan fingerprint density at radius 1 is 1.26 bits per heavy atom. The van der Waals surface area contributed by atoms with E-state index in [9.17, 15) is 4.79 Å². The lowest BCUT2D eigenvalue weighted by Gasteiger charge is -2.51. The summed E-state index contributed by atoms with van der Waals surface area (Å²) >= 11 is 0. The van der Waals surface area contributed by atoms with Crippen LogP contribution in [-0.4, -0.2) is 13.1 Å². The second kappa shape index (κ2) is 4.64. The van der Waals surface area contributed by atoms with Gasteiger partial charge in [0, 0.05) is 0 Å². The molecule has 0 N–H and O–H groups in total. The lowest BCUT2D eigenvalue weighted by molar-refractivity contribution is -0.163. The predicted molar refractivity (Wildman–Crippen MR) is 77.7 cm³/mol. The molecule has 2 saturated carbocycles. The van der Waals surface area contributed by atoms with E-state index in [1.807, 2.05) is 0 Å². The summed E-state index contributed by atoms with van der Waals surface area (Å²) in [5.41, 5.74) is 1.30. The maximum absolute atomic E-state index is 12.4. The van der Waals surface area contributed by atoms with E-state index in [2.05, 4.69) is 34.3 Å². The Bertz CT molecular complexity index is 396. The van der Waals surface area contributed by atoms with E-state index in [1.165, 1.54) is 12.7 Å². The summed E-state index contributed by atoms with van der Waals surface area (Å²) < 4.78 is 5.17. The van der Waals surface area contributed by atoms with Gasteiger partial charge in [0.05, 0.1) is 12.5 Å². The third kappa shape index (κ3) is 2.04. The number of esters is 1. The van der Waals surface area contributed by atoms with Crippen molar-refractivity contribution in [1.82, 2.24) is 0 Å². The Morgan fingerprint density at radius 2 is 1.89 bits per heavy atom. The van der Waals surface area contributed by atoms with Crippen LogP contribution >= 0.6 is 0 Å². The first-order valence-corrected chi connectivity index (χ1v) is 7.50. The molecule has 2 heteroatoms. The maximum atomic E-state index is 12.4. The molecule has 0 aliphatic heterocycles. The Labute approximate surface area is 117 Å². The van der Waals surface area contributed by atoms with E-state index in [0.29, 0.717) is 23.2 Å². The molecule has 0 saturated heterocycles. The zero-order chi connectivity index (χ0) is 14.4. The van der Waals surface area contributed by atoms with Crippen LogP contribution in [0.4, 0.5) is 0 Å². The lowest BCUT2D eigenvalue weighted by Crippen LogP contribution is -2.49. The molecule has 0 aromatic heterocycles. The van der Waals surface area contributed by atoms with Crippen molar-refractivity contribution < 1.29 is 9.53 Å². The normalized spacial score (nSPS) is 40.6. The molecule has 0 aromatic rings. The summed E-state index contributed by atoms with van der Waals surface area (Å²) in [5, 5.41) is 0. The lowest BCUT2D eigenvalue weighted by atomic mass is 9.53. The highest BCUT2D eigenvalue weighted by Crippen LogP contribution is 2.63. The summed E-state index contributed by atoms with van der Waals surface area (Å²) in [5.74, 6) is 1.43. The number of methoxy groups -OCH3 is 1. The monoisotopic (exact) mass is 264 g/mol. The molecule has 2 nitrogen and oxygen atoms in total. The number of fused-ring (bicyclic) bond motifs is 1. The topological polar surface area (TPSA) is 26.3 Å². The molecule has 0 amide bonds. The molecular formula is C17H28O2. The van der Waals surface area contributed by atoms with Gasteiger partial charge in [-0.25, -0.2) is 0 Å². The van der Waals surface area contributed by atoms with Gasteiger partial charge in [-0.2, -0.15) is 0 Å². The van der Waals surface area contributed by atoms with Crippen LogP contribution in [0.2, 0.25) is 0 Å². The minimum atomic E-state index is -0.243. The number of allylic oxidation sites excluding steroid dienone is 1.